The van der Waals surface area contributed by atoms with E-state index in [1.54, 1.807) is 6.07 Å². The van der Waals surface area contributed by atoms with Crippen molar-refractivity contribution in [1.29, 1.82) is 0 Å². The number of aromatic nitrogens is 3. The van der Waals surface area contributed by atoms with Gasteiger partial charge in [-0.3, -0.25) is 0 Å². The van der Waals surface area contributed by atoms with E-state index >= 15 is 0 Å². The van der Waals surface area contributed by atoms with Crippen LogP contribution in [0.1, 0.15) is 0 Å². The average molecular weight is 211 g/mol. The summed E-state index contributed by atoms with van der Waals surface area (Å²) in [5.74, 6) is 0. The molecule has 0 aliphatic heterocycles. The molecular formula is C12H9N3O. The summed E-state index contributed by atoms with van der Waals surface area (Å²) in [6, 6.07) is 15.7. The fraction of sp³-hybridized carbons (Fsp3) is 0. The van der Waals surface area contributed by atoms with Crippen molar-refractivity contribution in [3.8, 4) is 11.1 Å². The molecule has 0 unspecified atom stereocenters. The van der Waals surface area contributed by atoms with Crippen LogP contribution in [0.3, 0.4) is 0 Å². The molecule has 4 nitrogen and oxygen atoms in total. The van der Waals surface area contributed by atoms with Gasteiger partial charge in [-0.1, -0.05) is 41.2 Å². The molecule has 2 aromatic carbocycles. The quantitative estimate of drug-likeness (QED) is 0.628. The standard InChI is InChI=1S/C12H9N3O/c16-15-12-7-6-10(8-11(12)13-14-15)9-4-2-1-3-5-9/h1-8,16H. The molecule has 1 N–H and O–H groups in total. The van der Waals surface area contributed by atoms with Crippen LogP contribution in [0.15, 0.2) is 48.5 Å². The smallest absolute Gasteiger partial charge is 0.130 e. The minimum atomic E-state index is 0.611. The molecule has 0 aliphatic rings. The van der Waals surface area contributed by atoms with Crippen molar-refractivity contribution in [2.24, 2.45) is 0 Å². The number of benzene rings is 2. The highest BCUT2D eigenvalue weighted by molar-refractivity contribution is 5.81. The van der Waals surface area contributed by atoms with Crippen LogP contribution in [0, 0.1) is 0 Å². The zero-order valence-corrected chi connectivity index (χ0v) is 8.41. The first-order valence-corrected chi connectivity index (χ1v) is 4.95. The highest BCUT2D eigenvalue weighted by Crippen LogP contribution is 2.22. The maximum atomic E-state index is 9.32. The van der Waals surface area contributed by atoms with Gasteiger partial charge in [-0.2, -0.15) is 0 Å². The van der Waals surface area contributed by atoms with E-state index in [0.717, 1.165) is 16.0 Å². The predicted molar refractivity (Wildman–Crippen MR) is 60.1 cm³/mol. The van der Waals surface area contributed by atoms with Crippen LogP contribution in [-0.4, -0.2) is 20.4 Å². The van der Waals surface area contributed by atoms with E-state index in [1.165, 1.54) is 0 Å². The molecule has 0 saturated heterocycles. The molecule has 0 saturated carbocycles. The number of hydrogen-bond donors (Lipinski definition) is 1. The normalized spacial score (nSPS) is 10.8. The maximum absolute atomic E-state index is 9.32. The second-order valence-electron chi connectivity index (χ2n) is 3.55. The van der Waals surface area contributed by atoms with Crippen LogP contribution in [0.4, 0.5) is 0 Å². The number of fused-ring (bicyclic) bond motifs is 1. The van der Waals surface area contributed by atoms with Crippen LogP contribution < -0.4 is 0 Å². The predicted octanol–water partition coefficient (Wildman–Crippen LogP) is 2.34. The largest absolute Gasteiger partial charge is 0.410 e. The zero-order valence-electron chi connectivity index (χ0n) is 8.41. The van der Waals surface area contributed by atoms with E-state index in [9.17, 15) is 5.21 Å². The molecule has 0 amide bonds. The van der Waals surface area contributed by atoms with E-state index in [-0.39, 0.29) is 0 Å². The molecule has 0 atom stereocenters. The Kier molecular flexibility index (Phi) is 1.86. The van der Waals surface area contributed by atoms with Gasteiger partial charge in [0.05, 0.1) is 0 Å². The average Bonchev–Trinajstić information content (AvgIpc) is 2.72. The molecule has 0 spiro atoms. The lowest BCUT2D eigenvalue weighted by atomic mass is 10.1. The summed E-state index contributed by atoms with van der Waals surface area (Å²) in [5, 5.41) is 16.7. The highest BCUT2D eigenvalue weighted by atomic mass is 16.5. The lowest BCUT2D eigenvalue weighted by Gasteiger charge is -2.00. The van der Waals surface area contributed by atoms with Crippen molar-refractivity contribution >= 4 is 11.0 Å². The zero-order chi connectivity index (χ0) is 11.0. The van der Waals surface area contributed by atoms with Gasteiger partial charge in [0.25, 0.3) is 0 Å². The second-order valence-corrected chi connectivity index (χ2v) is 3.55. The Hall–Kier alpha value is -2.36. The van der Waals surface area contributed by atoms with Crippen LogP contribution in [0.2, 0.25) is 0 Å². The lowest BCUT2D eigenvalue weighted by Crippen LogP contribution is -1.90. The lowest BCUT2D eigenvalue weighted by molar-refractivity contribution is 0.155. The number of nitrogens with zero attached hydrogens (tertiary/aromatic N) is 3. The molecule has 0 aliphatic carbocycles. The van der Waals surface area contributed by atoms with Crippen molar-refractivity contribution in [2.75, 3.05) is 0 Å². The molecule has 16 heavy (non-hydrogen) atoms. The van der Waals surface area contributed by atoms with Crippen molar-refractivity contribution in [3.05, 3.63) is 48.5 Å². The molecule has 0 fully saturated rings. The Morgan fingerprint density at radius 1 is 0.938 bits per heavy atom. The topological polar surface area (TPSA) is 50.9 Å². The fourth-order valence-corrected chi connectivity index (χ4v) is 1.72. The Morgan fingerprint density at radius 3 is 2.56 bits per heavy atom. The summed E-state index contributed by atoms with van der Waals surface area (Å²) >= 11 is 0. The summed E-state index contributed by atoms with van der Waals surface area (Å²) in [7, 11) is 0. The van der Waals surface area contributed by atoms with Gasteiger partial charge >= 0.3 is 0 Å². The van der Waals surface area contributed by atoms with E-state index in [2.05, 4.69) is 10.3 Å². The van der Waals surface area contributed by atoms with Crippen LogP contribution in [0.25, 0.3) is 22.2 Å². The van der Waals surface area contributed by atoms with Crippen LogP contribution in [0.5, 0.6) is 0 Å². The SMILES string of the molecule is On1nnc2cc(-c3ccccc3)ccc21. The van der Waals surface area contributed by atoms with Crippen LogP contribution in [-0.2, 0) is 0 Å². The van der Waals surface area contributed by atoms with E-state index < -0.39 is 0 Å². The van der Waals surface area contributed by atoms with E-state index in [1.807, 2.05) is 42.5 Å². The van der Waals surface area contributed by atoms with Crippen molar-refractivity contribution in [2.45, 2.75) is 0 Å². The van der Waals surface area contributed by atoms with Crippen LogP contribution >= 0.6 is 0 Å². The second kappa shape index (κ2) is 3.34. The van der Waals surface area contributed by atoms with Crippen molar-refractivity contribution in [3.63, 3.8) is 0 Å². The van der Waals surface area contributed by atoms with Gasteiger partial charge in [0, 0.05) is 0 Å². The minimum Gasteiger partial charge on any atom is -0.410 e. The van der Waals surface area contributed by atoms with E-state index in [0.29, 0.717) is 11.0 Å². The minimum absolute atomic E-state index is 0.611. The monoisotopic (exact) mass is 211 g/mol. The van der Waals surface area contributed by atoms with Gasteiger partial charge in [0.1, 0.15) is 11.0 Å². The first-order valence-electron chi connectivity index (χ1n) is 4.95. The molecule has 0 radical (unpaired) electrons. The molecule has 3 aromatic rings. The summed E-state index contributed by atoms with van der Waals surface area (Å²) in [5.41, 5.74) is 3.48. The summed E-state index contributed by atoms with van der Waals surface area (Å²) in [6.45, 7) is 0. The molecule has 4 heteroatoms. The third kappa shape index (κ3) is 1.32. The van der Waals surface area contributed by atoms with Gasteiger partial charge in [-0.15, -0.1) is 5.10 Å². The number of hydrogen-bond acceptors (Lipinski definition) is 3. The van der Waals surface area contributed by atoms with Gasteiger partial charge in [0.15, 0.2) is 0 Å². The molecule has 78 valence electrons. The molecule has 1 aromatic heterocycles. The molecular weight excluding hydrogens is 202 g/mol. The Balaban J connectivity index is 2.19. The Labute approximate surface area is 91.7 Å². The van der Waals surface area contributed by atoms with Gasteiger partial charge in [-0.05, 0) is 28.5 Å². The molecule has 1 heterocycles. The van der Waals surface area contributed by atoms with E-state index in [4.69, 9.17) is 0 Å². The molecule has 3 rings (SSSR count). The maximum Gasteiger partial charge on any atom is 0.130 e. The first kappa shape index (κ1) is 8.91. The summed E-state index contributed by atoms with van der Waals surface area (Å²) in [6.07, 6.45) is 0. The third-order valence-corrected chi connectivity index (χ3v) is 2.54. The molecule has 0 bridgehead atoms. The number of rotatable bonds is 1. The van der Waals surface area contributed by atoms with Gasteiger partial charge in [0.2, 0.25) is 0 Å². The first-order chi connectivity index (χ1) is 7.84. The van der Waals surface area contributed by atoms with Gasteiger partial charge in [-0.25, -0.2) is 0 Å². The Bertz CT molecular complexity index is 631. The van der Waals surface area contributed by atoms with Gasteiger partial charge < -0.3 is 5.21 Å². The third-order valence-electron chi connectivity index (χ3n) is 2.54. The summed E-state index contributed by atoms with van der Waals surface area (Å²) in [4.78, 5) is 0.782. The fourth-order valence-electron chi connectivity index (χ4n) is 1.72. The Morgan fingerprint density at radius 2 is 1.75 bits per heavy atom. The highest BCUT2D eigenvalue weighted by Gasteiger charge is 2.04. The summed E-state index contributed by atoms with van der Waals surface area (Å²) < 4.78 is 0. The van der Waals surface area contributed by atoms with Crippen molar-refractivity contribution < 1.29 is 5.21 Å². The van der Waals surface area contributed by atoms with Crippen molar-refractivity contribution in [1.82, 2.24) is 15.2 Å².